The van der Waals surface area contributed by atoms with Gasteiger partial charge in [0.1, 0.15) is 5.69 Å². The van der Waals surface area contributed by atoms with Gasteiger partial charge in [-0.15, -0.1) is 11.3 Å². The van der Waals surface area contributed by atoms with Crippen LogP contribution in [0.25, 0.3) is 0 Å². The molecule has 4 rings (SSSR count). The zero-order valence-corrected chi connectivity index (χ0v) is 15.3. The Kier molecular flexibility index (Phi) is 4.21. The van der Waals surface area contributed by atoms with E-state index in [2.05, 4.69) is 9.71 Å². The van der Waals surface area contributed by atoms with Gasteiger partial charge in [0, 0.05) is 17.6 Å². The van der Waals surface area contributed by atoms with Gasteiger partial charge in [0.25, 0.3) is 15.9 Å². The van der Waals surface area contributed by atoms with Crippen molar-refractivity contribution in [2.24, 2.45) is 0 Å². The summed E-state index contributed by atoms with van der Waals surface area (Å²) >= 11 is 1.09. The predicted molar refractivity (Wildman–Crippen MR) is 101 cm³/mol. The molecule has 3 aromatic rings. The number of amides is 1. The number of rotatable bonds is 4. The molecule has 0 saturated heterocycles. The van der Waals surface area contributed by atoms with Crippen LogP contribution >= 0.6 is 11.3 Å². The fourth-order valence-electron chi connectivity index (χ4n) is 2.88. The lowest BCUT2D eigenvalue weighted by Gasteiger charge is -2.15. The number of nitrogens with zero attached hydrogens (tertiary/aromatic N) is 2. The largest absolute Gasteiger partial charge is 0.306 e. The van der Waals surface area contributed by atoms with Gasteiger partial charge in [-0.2, -0.15) is 0 Å². The molecule has 2 aromatic carbocycles. The fraction of sp³-hybridized carbons (Fsp3) is 0.111. The van der Waals surface area contributed by atoms with Crippen molar-refractivity contribution in [2.45, 2.75) is 11.3 Å². The van der Waals surface area contributed by atoms with Crippen LogP contribution in [0.2, 0.25) is 0 Å². The SMILES string of the molecule is O=C(c1csc(NS(=O)(=O)c2ccccc2)n1)N1CCc2ccccc21. The summed E-state index contributed by atoms with van der Waals surface area (Å²) in [6.45, 7) is 0.598. The molecule has 1 aliphatic heterocycles. The molecule has 0 bridgehead atoms. The number of anilines is 2. The van der Waals surface area contributed by atoms with E-state index in [1.54, 1.807) is 28.5 Å². The quantitative estimate of drug-likeness (QED) is 0.748. The molecule has 1 amide bonds. The van der Waals surface area contributed by atoms with Crippen LogP contribution in [0.4, 0.5) is 10.8 Å². The number of aromatic nitrogens is 1. The maximum atomic E-state index is 12.8. The van der Waals surface area contributed by atoms with Crippen molar-refractivity contribution in [3.8, 4) is 0 Å². The molecule has 132 valence electrons. The first-order chi connectivity index (χ1) is 12.5. The van der Waals surface area contributed by atoms with Crippen LogP contribution in [0.1, 0.15) is 16.1 Å². The molecule has 0 spiro atoms. The third kappa shape index (κ3) is 3.09. The smallest absolute Gasteiger partial charge is 0.277 e. The number of sulfonamides is 1. The van der Waals surface area contributed by atoms with Gasteiger partial charge in [-0.25, -0.2) is 13.4 Å². The van der Waals surface area contributed by atoms with Crippen molar-refractivity contribution in [1.82, 2.24) is 4.98 Å². The number of para-hydroxylation sites is 1. The first kappa shape index (κ1) is 16.7. The number of carbonyl (C=O) groups excluding carboxylic acids is 1. The van der Waals surface area contributed by atoms with E-state index >= 15 is 0 Å². The van der Waals surface area contributed by atoms with E-state index in [1.807, 2.05) is 24.3 Å². The van der Waals surface area contributed by atoms with Gasteiger partial charge in [-0.1, -0.05) is 36.4 Å². The minimum atomic E-state index is -3.72. The lowest BCUT2D eigenvalue weighted by molar-refractivity contribution is 0.0985. The molecule has 1 N–H and O–H groups in total. The predicted octanol–water partition coefficient (Wildman–Crippen LogP) is 3.15. The minimum absolute atomic E-state index is 0.150. The van der Waals surface area contributed by atoms with Crippen LogP contribution in [-0.4, -0.2) is 25.9 Å². The Morgan fingerprint density at radius 3 is 2.62 bits per heavy atom. The van der Waals surface area contributed by atoms with Gasteiger partial charge in [-0.3, -0.25) is 9.52 Å². The maximum Gasteiger partial charge on any atom is 0.277 e. The summed E-state index contributed by atoms with van der Waals surface area (Å²) in [5.74, 6) is -0.226. The number of carbonyl (C=O) groups is 1. The average molecular weight is 385 g/mol. The van der Waals surface area contributed by atoms with Gasteiger partial charge < -0.3 is 4.90 Å². The van der Waals surface area contributed by atoms with Gasteiger partial charge in [-0.05, 0) is 30.2 Å². The monoisotopic (exact) mass is 385 g/mol. The summed E-state index contributed by atoms with van der Waals surface area (Å²) in [5.41, 5.74) is 2.25. The zero-order valence-electron chi connectivity index (χ0n) is 13.6. The van der Waals surface area contributed by atoms with Gasteiger partial charge >= 0.3 is 0 Å². The number of fused-ring (bicyclic) bond motifs is 1. The molecule has 26 heavy (non-hydrogen) atoms. The maximum absolute atomic E-state index is 12.8. The highest BCUT2D eigenvalue weighted by atomic mass is 32.2. The lowest BCUT2D eigenvalue weighted by atomic mass is 10.2. The second-order valence-electron chi connectivity index (χ2n) is 5.79. The third-order valence-corrected chi connectivity index (χ3v) is 6.37. The lowest BCUT2D eigenvalue weighted by Crippen LogP contribution is -2.29. The van der Waals surface area contributed by atoms with E-state index in [4.69, 9.17) is 0 Å². The van der Waals surface area contributed by atoms with Crippen molar-refractivity contribution in [3.05, 3.63) is 71.2 Å². The van der Waals surface area contributed by atoms with Crippen molar-refractivity contribution in [1.29, 1.82) is 0 Å². The molecule has 2 heterocycles. The first-order valence-electron chi connectivity index (χ1n) is 7.98. The number of hydrogen-bond donors (Lipinski definition) is 1. The minimum Gasteiger partial charge on any atom is -0.306 e. The van der Waals surface area contributed by atoms with Crippen molar-refractivity contribution in [2.75, 3.05) is 16.2 Å². The number of nitrogens with one attached hydrogen (secondary N) is 1. The summed E-state index contributed by atoms with van der Waals surface area (Å²) in [4.78, 5) is 18.8. The van der Waals surface area contributed by atoms with Crippen LogP contribution in [0.5, 0.6) is 0 Å². The van der Waals surface area contributed by atoms with Crippen molar-refractivity contribution in [3.63, 3.8) is 0 Å². The molecule has 0 unspecified atom stereocenters. The Labute approximate surface area is 155 Å². The van der Waals surface area contributed by atoms with Gasteiger partial charge in [0.05, 0.1) is 4.90 Å². The van der Waals surface area contributed by atoms with E-state index < -0.39 is 10.0 Å². The zero-order chi connectivity index (χ0) is 18.1. The van der Waals surface area contributed by atoms with E-state index in [9.17, 15) is 13.2 Å². The topological polar surface area (TPSA) is 79.4 Å². The number of thiazole rings is 1. The highest BCUT2D eigenvalue weighted by Gasteiger charge is 2.27. The summed E-state index contributed by atoms with van der Waals surface area (Å²) in [6, 6.07) is 15.8. The van der Waals surface area contributed by atoms with Crippen LogP contribution in [0.15, 0.2) is 64.9 Å². The molecule has 6 nitrogen and oxygen atoms in total. The Morgan fingerprint density at radius 1 is 1.08 bits per heavy atom. The highest BCUT2D eigenvalue weighted by Crippen LogP contribution is 2.29. The Morgan fingerprint density at radius 2 is 1.81 bits per heavy atom. The average Bonchev–Trinajstić information content (AvgIpc) is 3.28. The summed E-state index contributed by atoms with van der Waals surface area (Å²) in [7, 11) is -3.72. The molecule has 0 saturated carbocycles. The Bertz CT molecular complexity index is 1060. The summed E-state index contributed by atoms with van der Waals surface area (Å²) in [6.07, 6.45) is 0.805. The Hall–Kier alpha value is -2.71. The van der Waals surface area contributed by atoms with Crippen LogP contribution in [0, 0.1) is 0 Å². The Balaban J connectivity index is 1.55. The highest BCUT2D eigenvalue weighted by molar-refractivity contribution is 7.93. The van der Waals surface area contributed by atoms with Crippen LogP contribution in [0.3, 0.4) is 0 Å². The number of hydrogen-bond acceptors (Lipinski definition) is 5. The van der Waals surface area contributed by atoms with Crippen LogP contribution < -0.4 is 9.62 Å². The van der Waals surface area contributed by atoms with Gasteiger partial charge in [0.15, 0.2) is 5.13 Å². The molecular weight excluding hydrogens is 370 g/mol. The van der Waals surface area contributed by atoms with E-state index in [1.165, 1.54) is 12.1 Å². The van der Waals surface area contributed by atoms with Crippen LogP contribution in [-0.2, 0) is 16.4 Å². The molecule has 1 aliphatic rings. The normalized spacial score (nSPS) is 13.5. The molecule has 0 atom stereocenters. The van der Waals surface area contributed by atoms with E-state index in [-0.39, 0.29) is 21.6 Å². The molecule has 0 aliphatic carbocycles. The molecule has 1 aromatic heterocycles. The van der Waals surface area contributed by atoms with Crippen molar-refractivity contribution >= 4 is 38.1 Å². The van der Waals surface area contributed by atoms with E-state index in [0.29, 0.717) is 6.54 Å². The van der Waals surface area contributed by atoms with E-state index in [0.717, 1.165) is 29.0 Å². The third-order valence-electron chi connectivity index (χ3n) is 4.13. The first-order valence-corrected chi connectivity index (χ1v) is 10.3. The number of benzene rings is 2. The summed E-state index contributed by atoms with van der Waals surface area (Å²) in [5, 5.41) is 1.75. The molecule has 0 fully saturated rings. The van der Waals surface area contributed by atoms with Crippen molar-refractivity contribution < 1.29 is 13.2 Å². The summed E-state index contributed by atoms with van der Waals surface area (Å²) < 4.78 is 27.1. The fourth-order valence-corrected chi connectivity index (χ4v) is 4.84. The second-order valence-corrected chi connectivity index (χ2v) is 8.33. The van der Waals surface area contributed by atoms with Gasteiger partial charge in [0.2, 0.25) is 0 Å². The molecule has 0 radical (unpaired) electrons. The standard InChI is InChI=1S/C18H15N3O3S2/c22-17(21-11-10-13-6-4-5-9-16(13)21)15-12-25-18(19-15)20-26(23,24)14-7-2-1-3-8-14/h1-9,12H,10-11H2,(H,19,20). The molecular formula is C18H15N3O3S2. The molecule has 8 heteroatoms. The second kappa shape index (κ2) is 6.54.